The van der Waals surface area contributed by atoms with Crippen LogP contribution in [0.2, 0.25) is 0 Å². The first kappa shape index (κ1) is 33.2. The van der Waals surface area contributed by atoms with Crippen LogP contribution in [0.25, 0.3) is 0 Å². The molecule has 0 aliphatic carbocycles. The minimum atomic E-state index is -0.281. The van der Waals surface area contributed by atoms with E-state index in [1.54, 1.807) is 11.8 Å². The van der Waals surface area contributed by atoms with Crippen molar-refractivity contribution in [3.8, 4) is 0 Å². The van der Waals surface area contributed by atoms with Gasteiger partial charge < -0.3 is 15.3 Å². The molecule has 0 aromatic rings. The van der Waals surface area contributed by atoms with E-state index in [2.05, 4.69) is 31.0 Å². The van der Waals surface area contributed by atoms with Crippen molar-refractivity contribution in [1.82, 2.24) is 10.2 Å². The Morgan fingerprint density at radius 2 is 1.32 bits per heavy atom. The number of halogens is 1. The molecule has 0 saturated carbocycles. The van der Waals surface area contributed by atoms with Crippen molar-refractivity contribution in [2.75, 3.05) is 37.7 Å². The van der Waals surface area contributed by atoms with Gasteiger partial charge in [0.05, 0.1) is 6.10 Å². The fourth-order valence-electron chi connectivity index (χ4n) is 3.71. The van der Waals surface area contributed by atoms with Crippen LogP contribution < -0.4 is 5.32 Å². The molecule has 0 aromatic carbocycles. The quantitative estimate of drug-likeness (QED) is 0.165. The van der Waals surface area contributed by atoms with Gasteiger partial charge in [-0.05, 0) is 19.5 Å². The lowest BCUT2D eigenvalue weighted by Crippen LogP contribution is -2.33. The van der Waals surface area contributed by atoms with Crippen LogP contribution in [-0.2, 0) is 4.79 Å². The number of thioether (sulfide) groups is 1. The third-order valence-electron chi connectivity index (χ3n) is 5.75. The van der Waals surface area contributed by atoms with E-state index in [1.165, 1.54) is 77.0 Å². The Hall–Kier alpha value is 0.0300. The molecule has 1 amide bonds. The predicted molar refractivity (Wildman–Crippen MR) is 142 cm³/mol. The Labute approximate surface area is 204 Å². The van der Waals surface area contributed by atoms with E-state index in [4.69, 9.17) is 0 Å². The van der Waals surface area contributed by atoms with Crippen LogP contribution in [0.5, 0.6) is 0 Å². The van der Waals surface area contributed by atoms with E-state index in [0.717, 1.165) is 37.6 Å². The predicted octanol–water partition coefficient (Wildman–Crippen LogP) is 6.44. The van der Waals surface area contributed by atoms with Crippen molar-refractivity contribution >= 4 is 30.1 Å². The molecule has 0 spiro atoms. The average molecular weight is 481 g/mol. The molecule has 1 unspecified atom stereocenters. The third-order valence-corrected chi connectivity index (χ3v) is 6.86. The number of hydrogen-bond donors (Lipinski definition) is 2. The van der Waals surface area contributed by atoms with E-state index < -0.39 is 0 Å². The summed E-state index contributed by atoms with van der Waals surface area (Å²) in [5.41, 5.74) is 0. The number of carbonyl (C=O) groups is 1. The molecule has 2 N–H and O–H groups in total. The first-order chi connectivity index (χ1) is 14.6. The minimum Gasteiger partial charge on any atom is -0.391 e. The lowest BCUT2D eigenvalue weighted by atomic mass is 10.0. The number of amides is 1. The van der Waals surface area contributed by atoms with Gasteiger partial charge in [0, 0.05) is 31.0 Å². The topological polar surface area (TPSA) is 52.6 Å². The maximum absolute atomic E-state index is 11.9. The molecule has 0 heterocycles. The maximum Gasteiger partial charge on any atom is 0.220 e. The van der Waals surface area contributed by atoms with Gasteiger partial charge in [0.25, 0.3) is 0 Å². The molecule has 0 fully saturated rings. The number of rotatable bonds is 23. The van der Waals surface area contributed by atoms with Gasteiger partial charge >= 0.3 is 0 Å². The van der Waals surface area contributed by atoms with Crippen molar-refractivity contribution < 1.29 is 9.90 Å². The number of aliphatic hydroxyl groups is 1. The Morgan fingerprint density at radius 3 is 1.81 bits per heavy atom. The third kappa shape index (κ3) is 24.5. The lowest BCUT2D eigenvalue weighted by molar-refractivity contribution is -0.121. The van der Waals surface area contributed by atoms with Crippen molar-refractivity contribution in [2.24, 2.45) is 0 Å². The summed E-state index contributed by atoms with van der Waals surface area (Å²) in [7, 11) is 0. The number of hydrogen-bond acceptors (Lipinski definition) is 4. The van der Waals surface area contributed by atoms with E-state index in [1.807, 2.05) is 0 Å². The van der Waals surface area contributed by atoms with E-state index in [0.29, 0.717) is 13.0 Å². The summed E-state index contributed by atoms with van der Waals surface area (Å²) in [6, 6.07) is 0. The van der Waals surface area contributed by atoms with Crippen LogP contribution in [0.3, 0.4) is 0 Å². The second kappa shape index (κ2) is 26.3. The summed E-state index contributed by atoms with van der Waals surface area (Å²) in [5, 5.41) is 13.0. The van der Waals surface area contributed by atoms with Gasteiger partial charge in [0.15, 0.2) is 0 Å². The summed E-state index contributed by atoms with van der Waals surface area (Å²) in [6.45, 7) is 9.92. The zero-order valence-electron chi connectivity index (χ0n) is 20.8. The zero-order valence-corrected chi connectivity index (χ0v) is 22.5. The monoisotopic (exact) mass is 480 g/mol. The smallest absolute Gasteiger partial charge is 0.220 e. The van der Waals surface area contributed by atoms with Crippen LogP contribution in [-0.4, -0.2) is 59.7 Å². The Balaban J connectivity index is 0. The Bertz CT molecular complexity index is 371. The normalized spacial score (nSPS) is 12.0. The molecule has 0 radical (unpaired) electrons. The number of unbranched alkanes of at least 4 members (excludes halogenated alkanes) is 12. The van der Waals surface area contributed by atoms with E-state index >= 15 is 0 Å². The highest BCUT2D eigenvalue weighted by Gasteiger charge is 2.09. The first-order valence-electron chi connectivity index (χ1n) is 12.9. The van der Waals surface area contributed by atoms with Crippen LogP contribution >= 0.6 is 24.2 Å². The number of nitrogens with zero attached hydrogens (tertiary/aromatic N) is 1. The summed E-state index contributed by atoms with van der Waals surface area (Å²) < 4.78 is 0. The highest BCUT2D eigenvalue weighted by molar-refractivity contribution is 7.99. The van der Waals surface area contributed by atoms with Gasteiger partial charge in [0.2, 0.25) is 5.91 Å². The molecule has 31 heavy (non-hydrogen) atoms. The molecule has 0 saturated heterocycles. The van der Waals surface area contributed by atoms with Crippen molar-refractivity contribution in [3.05, 3.63) is 0 Å². The summed E-state index contributed by atoms with van der Waals surface area (Å²) in [5.74, 6) is 1.80. The second-order valence-corrected chi connectivity index (χ2v) is 9.71. The maximum atomic E-state index is 11.9. The molecule has 6 heteroatoms. The number of carbonyl (C=O) groups excluding carboxylic acids is 1. The van der Waals surface area contributed by atoms with E-state index in [-0.39, 0.29) is 24.4 Å². The number of nitrogens with one attached hydrogen (secondary N) is 1. The fraction of sp³-hybridized carbons (Fsp3) is 0.960. The zero-order chi connectivity index (χ0) is 22.3. The summed E-state index contributed by atoms with van der Waals surface area (Å²) in [6.07, 6.45) is 17.7. The van der Waals surface area contributed by atoms with Gasteiger partial charge in [-0.2, -0.15) is 11.8 Å². The van der Waals surface area contributed by atoms with Gasteiger partial charge in [0.1, 0.15) is 0 Å². The van der Waals surface area contributed by atoms with Crippen LogP contribution in [0.1, 0.15) is 111 Å². The molecule has 1 atom stereocenters. The fourth-order valence-corrected chi connectivity index (χ4v) is 4.50. The van der Waals surface area contributed by atoms with Gasteiger partial charge in [-0.1, -0.05) is 97.8 Å². The molecule has 188 valence electrons. The number of aliphatic hydroxyl groups excluding tert-OH is 1. The minimum absolute atomic E-state index is 0. The molecular weight excluding hydrogens is 428 g/mol. The van der Waals surface area contributed by atoms with Crippen LogP contribution in [0.4, 0.5) is 0 Å². The van der Waals surface area contributed by atoms with Crippen molar-refractivity contribution in [1.29, 1.82) is 0 Å². The molecule has 4 nitrogen and oxygen atoms in total. The van der Waals surface area contributed by atoms with Gasteiger partial charge in [-0.25, -0.2) is 0 Å². The molecule has 0 rings (SSSR count). The SMILES string of the molecule is CCCCCCCCCCCCCCCC(=O)NCCSCC(O)CN(CC)CC.Cl. The van der Waals surface area contributed by atoms with Crippen molar-refractivity contribution in [3.63, 3.8) is 0 Å². The van der Waals surface area contributed by atoms with Gasteiger partial charge in [-0.15, -0.1) is 12.4 Å². The summed E-state index contributed by atoms with van der Waals surface area (Å²) in [4.78, 5) is 14.1. The Kier molecular flexibility index (Phi) is 28.2. The number of likely N-dealkylation sites (N-methyl/N-ethyl adjacent to an activating group) is 1. The molecule has 0 aliphatic rings. The molecule has 0 bridgehead atoms. The lowest BCUT2D eigenvalue weighted by Gasteiger charge is -2.21. The Morgan fingerprint density at radius 1 is 0.839 bits per heavy atom. The first-order valence-corrected chi connectivity index (χ1v) is 14.0. The summed E-state index contributed by atoms with van der Waals surface area (Å²) >= 11 is 1.72. The molecule has 0 aromatic heterocycles. The van der Waals surface area contributed by atoms with E-state index in [9.17, 15) is 9.90 Å². The second-order valence-electron chi connectivity index (χ2n) is 8.56. The molecule has 0 aliphatic heterocycles. The highest BCUT2D eigenvalue weighted by Crippen LogP contribution is 2.13. The average Bonchev–Trinajstić information content (AvgIpc) is 2.75. The largest absolute Gasteiger partial charge is 0.391 e. The molecular formula is C25H53ClN2O2S. The van der Waals surface area contributed by atoms with Crippen molar-refractivity contribution in [2.45, 2.75) is 117 Å². The standard InChI is InChI=1S/C25H52N2O2S.ClH/c1-4-7-8-9-10-11-12-13-14-15-16-17-18-19-25(29)26-20-21-30-23-24(28)22-27(5-2)6-3;/h24,28H,4-23H2,1-3H3,(H,26,29);1H. The van der Waals surface area contributed by atoms with Crippen LogP contribution in [0, 0.1) is 0 Å². The highest BCUT2D eigenvalue weighted by atomic mass is 35.5. The van der Waals surface area contributed by atoms with Gasteiger partial charge in [-0.3, -0.25) is 4.79 Å². The van der Waals surface area contributed by atoms with Crippen LogP contribution in [0.15, 0.2) is 0 Å².